The van der Waals surface area contributed by atoms with Gasteiger partial charge in [0.05, 0.1) is 65.8 Å². The minimum atomic E-state index is -3.81. The molecule has 27 heteroatoms. The van der Waals surface area contributed by atoms with Gasteiger partial charge in [0.2, 0.25) is 26.0 Å². The number of rotatable bonds is 21. The van der Waals surface area contributed by atoms with Gasteiger partial charge in [-0.25, -0.2) is 31.3 Å². The third-order valence-electron chi connectivity index (χ3n) is 14.4. The summed E-state index contributed by atoms with van der Waals surface area (Å²) in [5.74, 6) is -0.372. The maximum Gasteiger partial charge on any atom is 0.308 e. The molecule has 0 radical (unpaired) electrons. The molecule has 442 valence electrons. The molecule has 0 saturated carbocycles. The van der Waals surface area contributed by atoms with Crippen molar-refractivity contribution in [3.63, 3.8) is 0 Å². The summed E-state index contributed by atoms with van der Waals surface area (Å²) in [5, 5.41) is 40.2. The number of aryl methyl sites for hydroxylation is 4. The van der Waals surface area contributed by atoms with Crippen molar-refractivity contribution in [1.29, 1.82) is 0 Å². The Balaban J connectivity index is 0.000000234. The topological polar surface area (TPSA) is 316 Å². The average Bonchev–Trinajstić information content (AvgIpc) is 4.16. The summed E-state index contributed by atoms with van der Waals surface area (Å²) >= 11 is 0. The van der Waals surface area contributed by atoms with Gasteiger partial charge < -0.3 is 44.2 Å². The smallest absolute Gasteiger partial charge is 0.308 e. The molecule has 81 heavy (non-hydrogen) atoms. The molecule has 2 saturated heterocycles. The molecule has 0 bridgehead atoms. The second kappa shape index (κ2) is 26.6. The van der Waals surface area contributed by atoms with E-state index in [4.69, 9.17) is 24.5 Å². The van der Waals surface area contributed by atoms with Crippen LogP contribution in [-0.2, 0) is 47.2 Å². The van der Waals surface area contributed by atoms with E-state index in [1.165, 1.54) is 47.4 Å². The van der Waals surface area contributed by atoms with Gasteiger partial charge >= 0.3 is 5.97 Å². The number of aromatic amines is 2. The number of benzene rings is 2. The minimum absolute atomic E-state index is 0.0573. The first-order valence-corrected chi connectivity index (χ1v) is 30.1. The van der Waals surface area contributed by atoms with Crippen LogP contribution in [0.15, 0.2) is 55.8 Å². The summed E-state index contributed by atoms with van der Waals surface area (Å²) < 4.78 is 76.5. The predicted octanol–water partition coefficient (Wildman–Crippen LogP) is 3.49. The average molecular weight is 1170 g/mol. The normalized spacial score (nSPS) is 15.8. The number of aromatic nitrogens is 6. The van der Waals surface area contributed by atoms with Crippen molar-refractivity contribution in [2.75, 3.05) is 86.3 Å². The van der Waals surface area contributed by atoms with Crippen LogP contribution >= 0.6 is 0 Å². The zero-order valence-electron chi connectivity index (χ0n) is 47.4. The van der Waals surface area contributed by atoms with Gasteiger partial charge in [-0.15, -0.1) is 10.2 Å². The second-order valence-electron chi connectivity index (χ2n) is 20.0. The Labute approximate surface area is 470 Å². The molecule has 0 aliphatic carbocycles. The Hall–Kier alpha value is -6.56. The molecule has 2 aromatic carbocycles. The number of nitrogens with one attached hydrogen (secondary N) is 3. The van der Waals surface area contributed by atoms with Gasteiger partial charge in [-0.1, -0.05) is 26.7 Å². The highest BCUT2D eigenvalue weighted by atomic mass is 32.2. The number of fused-ring (bicyclic) bond motifs is 2. The largest absolute Gasteiger partial charge is 0.493 e. The highest BCUT2D eigenvalue weighted by molar-refractivity contribution is 7.89. The van der Waals surface area contributed by atoms with Gasteiger partial charge in [-0.3, -0.25) is 24.4 Å². The molecule has 8 rings (SSSR count). The van der Waals surface area contributed by atoms with E-state index in [9.17, 15) is 46.2 Å². The van der Waals surface area contributed by atoms with Crippen molar-refractivity contribution in [2.24, 2.45) is 0 Å². The van der Waals surface area contributed by atoms with Crippen LogP contribution in [-0.4, -0.2) is 178 Å². The van der Waals surface area contributed by atoms with E-state index < -0.39 is 61.7 Å². The highest BCUT2D eigenvalue weighted by Crippen LogP contribution is 2.36. The molecule has 0 spiro atoms. The van der Waals surface area contributed by atoms with Gasteiger partial charge in [0, 0.05) is 74.9 Å². The van der Waals surface area contributed by atoms with Gasteiger partial charge in [0.25, 0.3) is 11.1 Å². The molecular weight excluding hydrogens is 1090 g/mol. The number of hydroxylamine groups is 1. The number of likely N-dealkylation sites (N-methyl/N-ethyl adjacent to an activating group) is 2. The molecule has 4 aromatic heterocycles. The van der Waals surface area contributed by atoms with Crippen molar-refractivity contribution < 1.29 is 56.1 Å². The SMILES string of the molecule is CCCc1c(C(O)CC(=O)NO)c(C)c2c(=O)[nH]c(-c3cc(S(=O)(=O)N4CCN(C)CC4)ccc3OCC)nn12.CCCc1c(C(O)CC(=O)OCC)c(C)c2c(=O)[nH]c(-c3cc(S(=O)(=O)N4CCN(C)CC4)ccc3OCC)nn12. The van der Waals surface area contributed by atoms with Gasteiger partial charge in [0.1, 0.15) is 22.5 Å². The monoisotopic (exact) mass is 1170 g/mol. The number of nitrogens with zero attached hydrogens (tertiary/aromatic N) is 8. The van der Waals surface area contributed by atoms with Crippen LogP contribution in [0, 0.1) is 13.8 Å². The molecule has 6 N–H and O–H groups in total. The lowest BCUT2D eigenvalue weighted by molar-refractivity contribution is -0.145. The molecule has 6 heterocycles. The van der Waals surface area contributed by atoms with Crippen molar-refractivity contribution >= 4 is 43.0 Å². The number of carbonyl (C=O) groups excluding carboxylic acids is 2. The first-order chi connectivity index (χ1) is 38.6. The van der Waals surface area contributed by atoms with E-state index in [0.717, 1.165) is 0 Å². The molecule has 1 amide bonds. The number of ether oxygens (including phenoxy) is 3. The fraction of sp³-hybridized carbons (Fsp3) is 0.519. The van der Waals surface area contributed by atoms with Crippen molar-refractivity contribution in [3.8, 4) is 34.3 Å². The van der Waals surface area contributed by atoms with Crippen molar-refractivity contribution in [1.82, 2.24) is 53.1 Å². The van der Waals surface area contributed by atoms with E-state index in [0.29, 0.717) is 148 Å². The number of aliphatic hydroxyl groups excluding tert-OH is 2. The summed E-state index contributed by atoms with van der Waals surface area (Å²) in [6.45, 7) is 17.4. The predicted molar refractivity (Wildman–Crippen MR) is 301 cm³/mol. The van der Waals surface area contributed by atoms with E-state index in [-0.39, 0.29) is 45.5 Å². The molecule has 25 nitrogen and oxygen atoms in total. The molecule has 2 aliphatic rings. The fourth-order valence-electron chi connectivity index (χ4n) is 10.4. The number of hydrogen-bond acceptors (Lipinski definition) is 18. The lowest BCUT2D eigenvalue weighted by atomic mass is 10.00. The Morgan fingerprint density at radius 3 is 1.38 bits per heavy atom. The summed E-state index contributed by atoms with van der Waals surface area (Å²) in [6.07, 6.45) is -0.860. The second-order valence-corrected chi connectivity index (χ2v) is 23.8. The molecule has 2 unspecified atom stereocenters. The number of piperazine rings is 2. The number of amides is 1. The Morgan fingerprint density at radius 2 is 1.02 bits per heavy atom. The summed E-state index contributed by atoms with van der Waals surface area (Å²) in [5.41, 5.74) is 4.58. The van der Waals surface area contributed by atoms with Crippen LogP contribution in [0.4, 0.5) is 0 Å². The van der Waals surface area contributed by atoms with E-state index in [2.05, 4.69) is 24.9 Å². The van der Waals surface area contributed by atoms with E-state index in [1.54, 1.807) is 39.8 Å². The van der Waals surface area contributed by atoms with Gasteiger partial charge in [-0.05, 0) is 109 Å². The van der Waals surface area contributed by atoms with E-state index in [1.807, 2.05) is 34.9 Å². The first kappa shape index (κ1) is 62.0. The van der Waals surface area contributed by atoms with E-state index >= 15 is 0 Å². The Kier molecular flexibility index (Phi) is 20.4. The summed E-state index contributed by atoms with van der Waals surface area (Å²) in [4.78, 5) is 60.6. The lowest BCUT2D eigenvalue weighted by Crippen LogP contribution is -2.47. The number of sulfonamides is 2. The summed E-state index contributed by atoms with van der Waals surface area (Å²) in [7, 11) is -3.72. The minimum Gasteiger partial charge on any atom is -0.493 e. The van der Waals surface area contributed by atoms with Crippen LogP contribution in [0.5, 0.6) is 11.5 Å². The van der Waals surface area contributed by atoms with Crippen LogP contribution in [0.25, 0.3) is 33.8 Å². The number of hydrogen-bond donors (Lipinski definition) is 6. The van der Waals surface area contributed by atoms with Crippen molar-refractivity contribution in [3.05, 3.63) is 90.7 Å². The van der Waals surface area contributed by atoms with Gasteiger partial charge in [0.15, 0.2) is 11.6 Å². The fourth-order valence-corrected chi connectivity index (χ4v) is 13.3. The molecule has 6 aromatic rings. The maximum absolute atomic E-state index is 13.5. The maximum atomic E-state index is 13.5. The molecule has 2 atom stereocenters. The zero-order valence-corrected chi connectivity index (χ0v) is 49.0. The standard InChI is InChI=1S/C28H39N5O7S.C26H36N6O7S/c1-6-9-21-25(22(34)17-24(35)40-8-3)18(4)26-28(36)29-27(30-33(21)26)20-16-19(10-11-23(20)39-7-2)41(37,38)32-14-12-31(5)13-15-32;1-5-7-19-23(20(33)15-22(34)29-36)16(3)24-26(35)27-25(28-32(19)24)18-14-17(8-9-21(18)39-6-2)40(37,38)31-12-10-30(4)11-13-31/h10-11,16,22,34H,6-9,12-15,17H2,1-5H3,(H,29,30,36);8-9,14,20,33,36H,5-7,10-13,15H2,1-4H3,(H,29,34)(H,27,28,35). The van der Waals surface area contributed by atoms with Crippen LogP contribution in [0.1, 0.15) is 106 Å². The zero-order chi connectivity index (χ0) is 59.1. The number of carbonyl (C=O) groups is 2. The quantitative estimate of drug-likeness (QED) is 0.0341. The molecular formula is C54H75N11O14S2. The Morgan fingerprint density at radius 1 is 0.630 bits per heavy atom. The summed E-state index contributed by atoms with van der Waals surface area (Å²) in [6, 6.07) is 9.07. The van der Waals surface area contributed by atoms with Crippen molar-refractivity contribution in [2.45, 2.75) is 109 Å². The third kappa shape index (κ3) is 13.2. The van der Waals surface area contributed by atoms with Crippen LogP contribution in [0.3, 0.4) is 0 Å². The lowest BCUT2D eigenvalue weighted by Gasteiger charge is -2.31. The highest BCUT2D eigenvalue weighted by Gasteiger charge is 2.33. The Bertz CT molecular complexity index is 3600. The van der Waals surface area contributed by atoms with Gasteiger partial charge in [-0.2, -0.15) is 8.61 Å². The third-order valence-corrected chi connectivity index (χ3v) is 18.2. The number of aliphatic hydroxyl groups is 2. The molecule has 2 fully saturated rings. The number of H-pyrrole nitrogens is 2. The number of esters is 1. The molecule has 2 aliphatic heterocycles. The first-order valence-electron chi connectivity index (χ1n) is 27.2. The van der Waals surface area contributed by atoms with Crippen LogP contribution in [0.2, 0.25) is 0 Å². The van der Waals surface area contributed by atoms with Crippen LogP contribution < -0.4 is 26.1 Å².